The predicted molar refractivity (Wildman–Crippen MR) is 43.6 cm³/mol. The van der Waals surface area contributed by atoms with Crippen LogP contribution in [0, 0.1) is 6.92 Å². The highest BCUT2D eigenvalue weighted by Crippen LogP contribution is 2.20. The van der Waals surface area contributed by atoms with Crippen molar-refractivity contribution in [3.8, 4) is 0 Å². The molecule has 1 aromatic rings. The monoisotopic (exact) mass is 204 g/mol. The Labute approximate surface area is 67.3 Å². The molecule has 1 unspecified atom stereocenters. The zero-order valence-corrected chi connectivity index (χ0v) is 7.50. The quantitative estimate of drug-likeness (QED) is 0.686. The lowest BCUT2D eigenvalue weighted by atomic mass is 10.2. The van der Waals surface area contributed by atoms with Gasteiger partial charge in [-0.25, -0.2) is 4.98 Å². The van der Waals surface area contributed by atoms with Gasteiger partial charge in [0.2, 0.25) is 0 Å². The molecule has 1 radical (unpaired) electrons. The first-order valence-electron chi connectivity index (χ1n) is 2.64. The summed E-state index contributed by atoms with van der Waals surface area (Å²) in [5.41, 5.74) is 1.06. The van der Waals surface area contributed by atoms with Crippen molar-refractivity contribution in [1.29, 1.82) is 0 Å². The Kier molecular flexibility index (Phi) is 2.24. The summed E-state index contributed by atoms with van der Waals surface area (Å²) in [7, 11) is 0. The van der Waals surface area contributed by atoms with Crippen LogP contribution in [-0.4, -0.2) is 4.98 Å². The summed E-state index contributed by atoms with van der Waals surface area (Å²) in [6, 6.07) is 0. The van der Waals surface area contributed by atoms with E-state index in [4.69, 9.17) is 0 Å². The topological polar surface area (TPSA) is 12.9 Å². The first-order chi connectivity index (χ1) is 4.20. The van der Waals surface area contributed by atoms with Gasteiger partial charge in [-0.3, -0.25) is 0 Å². The van der Waals surface area contributed by atoms with Gasteiger partial charge in [-0.1, -0.05) is 6.92 Å². The average molecular weight is 205 g/mol. The maximum absolute atomic E-state index is 4.18. The van der Waals surface area contributed by atoms with Gasteiger partial charge in [-0.05, 0) is 28.8 Å². The molecule has 9 heavy (non-hydrogen) atoms. The Balaban J connectivity index is 2.85. The van der Waals surface area contributed by atoms with Gasteiger partial charge in [0.1, 0.15) is 0 Å². The maximum atomic E-state index is 4.18. The fraction of sp³-hybridized carbons (Fsp3) is 0.333. The van der Waals surface area contributed by atoms with Gasteiger partial charge in [0.25, 0.3) is 0 Å². The van der Waals surface area contributed by atoms with E-state index in [1.54, 1.807) is 11.3 Å². The molecule has 1 nitrogen and oxygen atoms in total. The molecule has 0 aromatic carbocycles. The van der Waals surface area contributed by atoms with Crippen LogP contribution in [0.1, 0.15) is 18.5 Å². The fourth-order valence-corrected chi connectivity index (χ4v) is 1.64. The van der Waals surface area contributed by atoms with E-state index in [0.717, 1.165) is 9.61 Å². The Morgan fingerprint density at radius 2 is 2.56 bits per heavy atom. The molecule has 0 aliphatic carbocycles. The van der Waals surface area contributed by atoms with Crippen LogP contribution < -0.4 is 0 Å². The summed E-state index contributed by atoms with van der Waals surface area (Å²) in [6.07, 6.45) is 0. The van der Waals surface area contributed by atoms with E-state index in [9.17, 15) is 0 Å². The molecule has 1 aromatic heterocycles. The predicted octanol–water partition coefficient (Wildman–Crippen LogP) is 2.84. The highest BCUT2D eigenvalue weighted by atomic mass is 79.9. The van der Waals surface area contributed by atoms with Crippen molar-refractivity contribution >= 4 is 27.3 Å². The van der Waals surface area contributed by atoms with E-state index >= 15 is 0 Å². The van der Waals surface area contributed by atoms with Gasteiger partial charge < -0.3 is 0 Å². The fourth-order valence-electron chi connectivity index (χ4n) is 0.490. The summed E-state index contributed by atoms with van der Waals surface area (Å²) < 4.78 is 0.938. The number of halogens is 1. The summed E-state index contributed by atoms with van der Waals surface area (Å²) >= 11 is 4.88. The van der Waals surface area contributed by atoms with Crippen molar-refractivity contribution in [1.82, 2.24) is 4.98 Å². The largest absolute Gasteiger partial charge is 0.234 e. The van der Waals surface area contributed by atoms with Gasteiger partial charge in [0.15, 0.2) is 3.92 Å². The summed E-state index contributed by atoms with van der Waals surface area (Å²) in [5.74, 6) is 0.299. The van der Waals surface area contributed by atoms with Crippen LogP contribution in [0.5, 0.6) is 0 Å². The Morgan fingerprint density at radius 3 is 2.78 bits per heavy atom. The zero-order chi connectivity index (χ0) is 6.85. The third kappa shape index (κ3) is 1.76. The second kappa shape index (κ2) is 2.80. The van der Waals surface area contributed by atoms with Crippen molar-refractivity contribution in [2.24, 2.45) is 0 Å². The molecule has 1 heterocycles. The van der Waals surface area contributed by atoms with E-state index in [-0.39, 0.29) is 0 Å². The van der Waals surface area contributed by atoms with Gasteiger partial charge in [0, 0.05) is 5.38 Å². The number of hydrogen-bond acceptors (Lipinski definition) is 2. The van der Waals surface area contributed by atoms with Crippen LogP contribution >= 0.6 is 27.3 Å². The van der Waals surface area contributed by atoms with Crippen LogP contribution in [0.2, 0.25) is 0 Å². The third-order valence-corrected chi connectivity index (χ3v) is 2.38. The van der Waals surface area contributed by atoms with Crippen LogP contribution in [-0.2, 0) is 0 Å². The minimum atomic E-state index is 0.299. The SMILES string of the molecule is [CH2]C(C)c1csc(Br)n1. The normalized spacial score (nSPS) is 10.7. The first kappa shape index (κ1) is 7.22. The standard InChI is InChI=1S/C6H7BrNS/c1-4(2)5-3-9-6(7)8-5/h3-4H,1H2,2H3. The highest BCUT2D eigenvalue weighted by molar-refractivity contribution is 9.11. The van der Waals surface area contributed by atoms with Gasteiger partial charge in [0.05, 0.1) is 5.69 Å². The first-order valence-corrected chi connectivity index (χ1v) is 4.31. The van der Waals surface area contributed by atoms with Crippen LogP contribution in [0.15, 0.2) is 9.30 Å². The number of hydrogen-bond donors (Lipinski definition) is 0. The van der Waals surface area contributed by atoms with E-state index in [2.05, 4.69) is 27.8 Å². The third-order valence-electron chi connectivity index (χ3n) is 0.999. The molecule has 49 valence electrons. The molecule has 0 saturated heterocycles. The Bertz CT molecular complexity index is 195. The van der Waals surface area contributed by atoms with Crippen LogP contribution in [0.3, 0.4) is 0 Å². The Hall–Kier alpha value is 0.110. The lowest BCUT2D eigenvalue weighted by molar-refractivity contribution is 0.915. The van der Waals surface area contributed by atoms with E-state index in [1.807, 2.05) is 12.3 Å². The number of rotatable bonds is 1. The summed E-state index contributed by atoms with van der Waals surface area (Å²) in [6.45, 7) is 5.87. The molecule has 1 rings (SSSR count). The Morgan fingerprint density at radius 1 is 1.89 bits per heavy atom. The van der Waals surface area contributed by atoms with Crippen molar-refractivity contribution in [3.05, 3.63) is 21.9 Å². The number of aromatic nitrogens is 1. The molecule has 0 fully saturated rings. The van der Waals surface area contributed by atoms with E-state index in [0.29, 0.717) is 5.92 Å². The molecule has 0 aliphatic rings. The van der Waals surface area contributed by atoms with Crippen molar-refractivity contribution in [3.63, 3.8) is 0 Å². The molecule has 1 atom stereocenters. The lowest BCUT2D eigenvalue weighted by Crippen LogP contribution is -1.85. The molecule has 0 bridgehead atoms. The van der Waals surface area contributed by atoms with Gasteiger partial charge >= 0.3 is 0 Å². The molecule has 0 saturated carbocycles. The molecule has 3 heteroatoms. The molecule has 0 amide bonds. The van der Waals surface area contributed by atoms with Gasteiger partial charge in [-0.2, -0.15) is 0 Å². The molecular weight excluding hydrogens is 198 g/mol. The summed E-state index contributed by atoms with van der Waals surface area (Å²) in [4.78, 5) is 4.18. The molecule has 0 N–H and O–H groups in total. The van der Waals surface area contributed by atoms with E-state index in [1.165, 1.54) is 0 Å². The van der Waals surface area contributed by atoms with E-state index < -0.39 is 0 Å². The van der Waals surface area contributed by atoms with Crippen LogP contribution in [0.25, 0.3) is 0 Å². The minimum absolute atomic E-state index is 0.299. The van der Waals surface area contributed by atoms with Crippen molar-refractivity contribution < 1.29 is 0 Å². The van der Waals surface area contributed by atoms with Crippen LogP contribution in [0.4, 0.5) is 0 Å². The second-order valence-electron chi connectivity index (χ2n) is 1.93. The van der Waals surface area contributed by atoms with Crippen molar-refractivity contribution in [2.75, 3.05) is 0 Å². The van der Waals surface area contributed by atoms with Gasteiger partial charge in [-0.15, -0.1) is 11.3 Å². The smallest absolute Gasteiger partial charge is 0.159 e. The molecular formula is C6H7BrNS. The maximum Gasteiger partial charge on any atom is 0.159 e. The number of thiazole rings is 1. The van der Waals surface area contributed by atoms with Crippen molar-refractivity contribution in [2.45, 2.75) is 12.8 Å². The number of nitrogens with zero attached hydrogens (tertiary/aromatic N) is 1. The summed E-state index contributed by atoms with van der Waals surface area (Å²) in [5, 5.41) is 2.02. The minimum Gasteiger partial charge on any atom is -0.234 e. The lowest BCUT2D eigenvalue weighted by Gasteiger charge is -1.94. The zero-order valence-electron chi connectivity index (χ0n) is 5.10. The highest BCUT2D eigenvalue weighted by Gasteiger charge is 2.01. The average Bonchev–Trinajstić information content (AvgIpc) is 2.14. The second-order valence-corrected chi connectivity index (χ2v) is 4.06. The molecule has 0 spiro atoms. The molecule has 0 aliphatic heterocycles.